The van der Waals surface area contributed by atoms with E-state index in [0.717, 1.165) is 24.9 Å². The average Bonchev–Trinajstić information content (AvgIpc) is 2.37. The van der Waals surface area contributed by atoms with Crippen molar-refractivity contribution in [2.24, 2.45) is 5.10 Å². The number of nitrogen functional groups attached to an aromatic ring is 1. The highest BCUT2D eigenvalue weighted by Crippen LogP contribution is 2.17. The second kappa shape index (κ2) is 6.89. The standard InChI is InChI=1S/C11H14FN3.C2H6/c12-10-4-3-9(11(13)7-10)8-15-6-2-1-5-14-15;1-2/h3-5,7H,1-2,6,8,13H2;1-2H3. The molecule has 3 nitrogen and oxygen atoms in total. The van der Waals surface area contributed by atoms with Gasteiger partial charge >= 0.3 is 0 Å². The molecule has 2 N–H and O–H groups in total. The topological polar surface area (TPSA) is 41.6 Å². The summed E-state index contributed by atoms with van der Waals surface area (Å²) >= 11 is 0. The van der Waals surface area contributed by atoms with Gasteiger partial charge in [0.2, 0.25) is 0 Å². The van der Waals surface area contributed by atoms with E-state index < -0.39 is 0 Å². The molecule has 0 saturated carbocycles. The molecule has 0 fully saturated rings. The second-order valence-electron chi connectivity index (χ2n) is 3.67. The third-order valence-corrected chi connectivity index (χ3v) is 2.46. The van der Waals surface area contributed by atoms with Crippen molar-refractivity contribution in [3.05, 3.63) is 29.6 Å². The van der Waals surface area contributed by atoms with E-state index in [1.54, 1.807) is 6.07 Å². The zero-order valence-electron chi connectivity index (χ0n) is 10.5. The Balaban J connectivity index is 0.000000686. The summed E-state index contributed by atoms with van der Waals surface area (Å²) < 4.78 is 12.8. The van der Waals surface area contributed by atoms with Crippen LogP contribution in [0.15, 0.2) is 23.3 Å². The minimum atomic E-state index is -0.293. The first-order chi connectivity index (χ1) is 8.25. The third-order valence-electron chi connectivity index (χ3n) is 2.46. The summed E-state index contributed by atoms with van der Waals surface area (Å²) in [7, 11) is 0. The Kier molecular flexibility index (Phi) is 5.46. The van der Waals surface area contributed by atoms with Crippen LogP contribution in [-0.4, -0.2) is 17.8 Å². The first kappa shape index (κ1) is 13.5. The molecule has 0 amide bonds. The van der Waals surface area contributed by atoms with Crippen LogP contribution in [0.2, 0.25) is 0 Å². The van der Waals surface area contributed by atoms with Gasteiger partial charge < -0.3 is 5.73 Å². The van der Waals surface area contributed by atoms with Crippen molar-refractivity contribution < 1.29 is 4.39 Å². The molecule has 1 aromatic rings. The molecule has 2 rings (SSSR count). The fraction of sp³-hybridized carbons (Fsp3) is 0.462. The molecule has 1 aliphatic heterocycles. The molecule has 0 aliphatic carbocycles. The largest absolute Gasteiger partial charge is 0.398 e. The molecular weight excluding hydrogens is 217 g/mol. The maximum Gasteiger partial charge on any atom is 0.125 e. The predicted molar refractivity (Wildman–Crippen MR) is 70.3 cm³/mol. The number of hydrogen-bond acceptors (Lipinski definition) is 3. The summed E-state index contributed by atoms with van der Waals surface area (Å²) in [5.41, 5.74) is 7.14. The Morgan fingerprint density at radius 1 is 1.41 bits per heavy atom. The number of halogens is 1. The monoisotopic (exact) mass is 237 g/mol. The highest BCUT2D eigenvalue weighted by molar-refractivity contribution is 5.57. The highest BCUT2D eigenvalue weighted by Gasteiger charge is 2.08. The predicted octanol–water partition coefficient (Wildman–Crippen LogP) is 3.02. The van der Waals surface area contributed by atoms with E-state index in [4.69, 9.17) is 5.73 Å². The SMILES string of the molecule is CC.Nc1cc(F)ccc1CN1CCCC=N1. The van der Waals surface area contributed by atoms with E-state index in [1.807, 2.05) is 25.1 Å². The number of anilines is 1. The first-order valence-electron chi connectivity index (χ1n) is 6.07. The quantitative estimate of drug-likeness (QED) is 0.803. The zero-order valence-corrected chi connectivity index (χ0v) is 10.5. The Morgan fingerprint density at radius 3 is 2.76 bits per heavy atom. The molecule has 1 aliphatic rings. The number of hydrazone groups is 1. The maximum atomic E-state index is 12.8. The lowest BCUT2D eigenvalue weighted by atomic mass is 10.1. The molecule has 1 heterocycles. The van der Waals surface area contributed by atoms with Gasteiger partial charge in [-0.3, -0.25) is 5.01 Å². The second-order valence-corrected chi connectivity index (χ2v) is 3.67. The summed E-state index contributed by atoms with van der Waals surface area (Å²) in [5, 5.41) is 6.20. The number of nitrogens with two attached hydrogens (primary N) is 1. The van der Waals surface area contributed by atoms with Crippen LogP contribution in [-0.2, 0) is 6.54 Å². The smallest absolute Gasteiger partial charge is 0.125 e. The van der Waals surface area contributed by atoms with Crippen LogP contribution in [0, 0.1) is 5.82 Å². The van der Waals surface area contributed by atoms with Gasteiger partial charge in [0.25, 0.3) is 0 Å². The number of rotatable bonds is 2. The van der Waals surface area contributed by atoms with Crippen LogP contribution in [0.1, 0.15) is 32.3 Å². The third kappa shape index (κ3) is 4.06. The van der Waals surface area contributed by atoms with Crippen LogP contribution in [0.25, 0.3) is 0 Å². The summed E-state index contributed by atoms with van der Waals surface area (Å²) in [6.07, 6.45) is 4.06. The van der Waals surface area contributed by atoms with Gasteiger partial charge in [-0.2, -0.15) is 5.10 Å². The van der Waals surface area contributed by atoms with Crippen LogP contribution in [0.5, 0.6) is 0 Å². The molecule has 0 saturated heterocycles. The van der Waals surface area contributed by atoms with Gasteiger partial charge in [0.1, 0.15) is 5.82 Å². The van der Waals surface area contributed by atoms with Crippen molar-refractivity contribution in [2.45, 2.75) is 33.2 Å². The molecule has 94 valence electrons. The first-order valence-corrected chi connectivity index (χ1v) is 6.07. The molecule has 0 spiro atoms. The van der Waals surface area contributed by atoms with E-state index >= 15 is 0 Å². The Labute approximate surface area is 102 Å². The van der Waals surface area contributed by atoms with Gasteiger partial charge in [-0.1, -0.05) is 19.9 Å². The van der Waals surface area contributed by atoms with Crippen LogP contribution < -0.4 is 5.73 Å². The van der Waals surface area contributed by atoms with Gasteiger partial charge in [-0.25, -0.2) is 4.39 Å². The van der Waals surface area contributed by atoms with Crippen molar-refractivity contribution in [3.63, 3.8) is 0 Å². The molecule has 0 atom stereocenters. The Bertz CT molecular complexity index is 377. The highest BCUT2D eigenvalue weighted by atomic mass is 19.1. The minimum absolute atomic E-state index is 0.293. The fourth-order valence-corrected chi connectivity index (χ4v) is 1.62. The van der Waals surface area contributed by atoms with Crippen molar-refractivity contribution in [2.75, 3.05) is 12.3 Å². The Morgan fingerprint density at radius 2 is 2.18 bits per heavy atom. The molecule has 4 heteroatoms. The van der Waals surface area contributed by atoms with Gasteiger partial charge in [0.05, 0.1) is 6.54 Å². The van der Waals surface area contributed by atoms with E-state index in [9.17, 15) is 4.39 Å². The lowest BCUT2D eigenvalue weighted by Crippen LogP contribution is -2.22. The number of hydrogen-bond donors (Lipinski definition) is 1. The van der Waals surface area contributed by atoms with Crippen LogP contribution >= 0.6 is 0 Å². The van der Waals surface area contributed by atoms with Crippen molar-refractivity contribution in [3.8, 4) is 0 Å². The molecule has 0 radical (unpaired) electrons. The maximum absolute atomic E-state index is 12.8. The van der Waals surface area contributed by atoms with Gasteiger partial charge in [0, 0.05) is 18.4 Å². The van der Waals surface area contributed by atoms with E-state index in [1.165, 1.54) is 12.1 Å². The number of nitrogens with zero attached hydrogens (tertiary/aromatic N) is 2. The van der Waals surface area contributed by atoms with E-state index in [-0.39, 0.29) is 5.82 Å². The van der Waals surface area contributed by atoms with E-state index in [0.29, 0.717) is 12.2 Å². The van der Waals surface area contributed by atoms with Gasteiger partial charge in [-0.05, 0) is 30.5 Å². The lowest BCUT2D eigenvalue weighted by Gasteiger charge is -2.22. The number of benzene rings is 1. The average molecular weight is 237 g/mol. The molecular formula is C13H20FN3. The molecule has 0 bridgehead atoms. The fourth-order valence-electron chi connectivity index (χ4n) is 1.62. The lowest BCUT2D eigenvalue weighted by molar-refractivity contribution is 0.268. The van der Waals surface area contributed by atoms with Crippen molar-refractivity contribution in [1.29, 1.82) is 0 Å². The summed E-state index contributed by atoms with van der Waals surface area (Å²) in [5.74, 6) is -0.293. The van der Waals surface area contributed by atoms with Crippen molar-refractivity contribution in [1.82, 2.24) is 5.01 Å². The van der Waals surface area contributed by atoms with Crippen molar-refractivity contribution >= 4 is 11.9 Å². The van der Waals surface area contributed by atoms with Gasteiger partial charge in [-0.15, -0.1) is 0 Å². The normalized spacial score (nSPS) is 14.2. The zero-order chi connectivity index (χ0) is 12.7. The molecule has 0 unspecified atom stereocenters. The van der Waals surface area contributed by atoms with E-state index in [2.05, 4.69) is 5.10 Å². The summed E-state index contributed by atoms with van der Waals surface area (Å²) in [6, 6.07) is 4.50. The molecule has 0 aromatic heterocycles. The Hall–Kier alpha value is -1.58. The molecule has 1 aromatic carbocycles. The van der Waals surface area contributed by atoms with Crippen LogP contribution in [0.3, 0.4) is 0 Å². The van der Waals surface area contributed by atoms with Gasteiger partial charge in [0.15, 0.2) is 0 Å². The summed E-state index contributed by atoms with van der Waals surface area (Å²) in [4.78, 5) is 0. The minimum Gasteiger partial charge on any atom is -0.398 e. The molecule has 17 heavy (non-hydrogen) atoms. The summed E-state index contributed by atoms with van der Waals surface area (Å²) in [6.45, 7) is 5.59. The van der Waals surface area contributed by atoms with Crippen LogP contribution in [0.4, 0.5) is 10.1 Å².